The molecule has 1 aromatic rings. The monoisotopic (exact) mass is 302 g/mol. The highest BCUT2D eigenvalue weighted by atomic mass is 16.5. The molecular formula is C16H22N4O2. The van der Waals surface area contributed by atoms with Crippen LogP contribution in [0, 0.1) is 0 Å². The molecule has 1 aromatic carbocycles. The Morgan fingerprint density at radius 2 is 2.14 bits per heavy atom. The average Bonchev–Trinajstić information content (AvgIpc) is 2.43. The Balaban J connectivity index is 2.51. The number of allylic oxidation sites excluding steroid dienone is 1. The van der Waals surface area contributed by atoms with Crippen molar-refractivity contribution in [3.63, 3.8) is 0 Å². The second-order valence-corrected chi connectivity index (χ2v) is 5.89. The Morgan fingerprint density at radius 1 is 1.45 bits per heavy atom. The number of nitrogens with one attached hydrogen (secondary N) is 1. The lowest BCUT2D eigenvalue weighted by molar-refractivity contribution is 0.249. The van der Waals surface area contributed by atoms with Gasteiger partial charge in [-0.05, 0) is 32.4 Å². The molecule has 2 rings (SSSR count). The summed E-state index contributed by atoms with van der Waals surface area (Å²) in [6.45, 7) is 6.42. The molecule has 22 heavy (non-hydrogen) atoms. The number of nitrogens with zero attached hydrogens (tertiary/aromatic N) is 2. The maximum absolute atomic E-state index is 10.7. The number of methoxy groups -OCH3 is 1. The Morgan fingerprint density at radius 3 is 2.73 bits per heavy atom. The number of amides is 2. The minimum Gasteiger partial charge on any atom is -0.496 e. The van der Waals surface area contributed by atoms with Gasteiger partial charge >= 0.3 is 6.03 Å². The van der Waals surface area contributed by atoms with Crippen LogP contribution in [-0.2, 0) is 0 Å². The summed E-state index contributed by atoms with van der Waals surface area (Å²) in [7, 11) is 3.67. The lowest BCUT2D eigenvalue weighted by atomic mass is 9.88. The number of hydrazone groups is 1. The molecule has 0 saturated heterocycles. The summed E-state index contributed by atoms with van der Waals surface area (Å²) in [5.74, 6) is 0.686. The van der Waals surface area contributed by atoms with Crippen molar-refractivity contribution in [2.75, 3.05) is 19.1 Å². The van der Waals surface area contributed by atoms with E-state index in [1.807, 2.05) is 12.1 Å². The number of hydrogen-bond acceptors (Lipinski definition) is 4. The van der Waals surface area contributed by atoms with Crippen LogP contribution in [0.2, 0.25) is 0 Å². The molecule has 0 fully saturated rings. The van der Waals surface area contributed by atoms with Gasteiger partial charge in [0, 0.05) is 29.9 Å². The van der Waals surface area contributed by atoms with E-state index in [0.717, 1.165) is 16.8 Å². The van der Waals surface area contributed by atoms with Crippen LogP contribution >= 0.6 is 0 Å². The molecule has 118 valence electrons. The third-order valence-electron chi connectivity index (χ3n) is 3.95. The Hall–Kier alpha value is -2.50. The van der Waals surface area contributed by atoms with Crippen LogP contribution in [0.4, 0.5) is 10.5 Å². The summed E-state index contributed by atoms with van der Waals surface area (Å²) >= 11 is 0. The topological polar surface area (TPSA) is 80.0 Å². The zero-order valence-electron chi connectivity index (χ0n) is 13.6. The number of primary amides is 1. The number of nitrogens with two attached hydrogens (primary N) is 1. The summed E-state index contributed by atoms with van der Waals surface area (Å²) < 4.78 is 5.44. The second-order valence-electron chi connectivity index (χ2n) is 5.89. The van der Waals surface area contributed by atoms with E-state index < -0.39 is 6.03 Å². The third kappa shape index (κ3) is 2.90. The van der Waals surface area contributed by atoms with E-state index in [2.05, 4.69) is 49.3 Å². The number of rotatable bonds is 3. The fourth-order valence-electron chi connectivity index (χ4n) is 2.64. The van der Waals surface area contributed by atoms with Crippen LogP contribution < -0.4 is 20.8 Å². The van der Waals surface area contributed by atoms with Gasteiger partial charge in [0.1, 0.15) is 5.75 Å². The summed E-state index contributed by atoms with van der Waals surface area (Å²) in [6, 6.07) is 3.28. The number of anilines is 1. The van der Waals surface area contributed by atoms with Crippen molar-refractivity contribution in [3.8, 4) is 5.75 Å². The predicted octanol–water partition coefficient (Wildman–Crippen LogP) is 2.33. The zero-order valence-corrected chi connectivity index (χ0v) is 13.6. The van der Waals surface area contributed by atoms with Crippen molar-refractivity contribution in [1.82, 2.24) is 5.43 Å². The minimum atomic E-state index is -0.703. The fourth-order valence-corrected chi connectivity index (χ4v) is 2.64. The van der Waals surface area contributed by atoms with E-state index in [0.29, 0.717) is 5.75 Å². The molecule has 0 aromatic heterocycles. The van der Waals surface area contributed by atoms with Gasteiger partial charge in [-0.25, -0.2) is 10.2 Å². The van der Waals surface area contributed by atoms with Gasteiger partial charge in [-0.3, -0.25) is 0 Å². The van der Waals surface area contributed by atoms with E-state index in [9.17, 15) is 4.79 Å². The number of likely N-dealkylation sites (N-methyl/N-ethyl adjacent to an activating group) is 1. The van der Waals surface area contributed by atoms with Gasteiger partial charge in [-0.15, -0.1) is 0 Å². The Labute approximate surface area is 130 Å². The Bertz CT molecular complexity index is 662. The molecule has 0 bridgehead atoms. The smallest absolute Gasteiger partial charge is 0.332 e. The Kier molecular flexibility index (Phi) is 4.12. The first-order valence-corrected chi connectivity index (χ1v) is 7.00. The molecule has 2 amide bonds. The zero-order chi connectivity index (χ0) is 16.5. The highest BCUT2D eigenvalue weighted by Gasteiger charge is 2.29. The molecular weight excluding hydrogens is 280 g/mol. The minimum absolute atomic E-state index is 0.0643. The van der Waals surface area contributed by atoms with Gasteiger partial charge in [0.15, 0.2) is 0 Å². The number of carbonyl (C=O) groups excluding carboxylic acids is 1. The molecule has 0 atom stereocenters. The molecule has 1 aliphatic rings. The second kappa shape index (κ2) is 5.71. The first kappa shape index (κ1) is 15.9. The molecule has 1 heterocycles. The summed E-state index contributed by atoms with van der Waals surface area (Å²) in [5, 5.41) is 3.81. The molecule has 0 aliphatic carbocycles. The standard InChI is InChI=1S/C16H22N4O2/c1-10-8-16(2,3)20(4)13-7-14(22-5)11(6-12(10)13)9-18-19-15(17)21/h6-9H,1-5H3,(H3,17,19,21)/b18-9-. The molecule has 0 spiro atoms. The predicted molar refractivity (Wildman–Crippen MR) is 89.4 cm³/mol. The van der Waals surface area contributed by atoms with E-state index in [1.54, 1.807) is 7.11 Å². The maximum atomic E-state index is 10.7. The van der Waals surface area contributed by atoms with E-state index in [-0.39, 0.29) is 5.54 Å². The van der Waals surface area contributed by atoms with Gasteiger partial charge < -0.3 is 15.4 Å². The number of fused-ring (bicyclic) bond motifs is 1. The van der Waals surface area contributed by atoms with Gasteiger partial charge in [0.25, 0.3) is 0 Å². The quantitative estimate of drug-likeness (QED) is 0.664. The highest BCUT2D eigenvalue weighted by Crippen LogP contribution is 2.40. The third-order valence-corrected chi connectivity index (χ3v) is 3.95. The number of ether oxygens (including phenoxy) is 1. The van der Waals surface area contributed by atoms with E-state index in [4.69, 9.17) is 10.5 Å². The van der Waals surface area contributed by atoms with E-state index in [1.165, 1.54) is 11.8 Å². The summed E-state index contributed by atoms with van der Waals surface area (Å²) in [4.78, 5) is 12.9. The van der Waals surface area contributed by atoms with Crippen LogP contribution in [-0.4, -0.2) is 31.9 Å². The number of urea groups is 1. The van der Waals surface area contributed by atoms with Crippen LogP contribution in [0.15, 0.2) is 23.3 Å². The molecule has 0 unspecified atom stereocenters. The SMILES string of the molecule is COc1cc2c(cc1/C=N\NC(N)=O)C(C)=CC(C)(C)N2C. The fraction of sp³-hybridized carbons (Fsp3) is 0.375. The van der Waals surface area contributed by atoms with Gasteiger partial charge in [-0.2, -0.15) is 5.10 Å². The molecule has 3 N–H and O–H groups in total. The van der Waals surface area contributed by atoms with Crippen LogP contribution in [0.1, 0.15) is 31.9 Å². The molecule has 0 radical (unpaired) electrons. The van der Waals surface area contributed by atoms with Crippen molar-refractivity contribution in [2.24, 2.45) is 10.8 Å². The van der Waals surface area contributed by atoms with Gasteiger partial charge in [0.2, 0.25) is 0 Å². The first-order chi connectivity index (χ1) is 10.3. The van der Waals surface area contributed by atoms with Crippen molar-refractivity contribution in [2.45, 2.75) is 26.3 Å². The van der Waals surface area contributed by atoms with Gasteiger partial charge in [-0.1, -0.05) is 6.08 Å². The summed E-state index contributed by atoms with van der Waals surface area (Å²) in [5.41, 5.74) is 11.3. The lowest BCUT2D eigenvalue weighted by Gasteiger charge is -2.40. The van der Waals surface area contributed by atoms with Crippen LogP contribution in [0.5, 0.6) is 5.75 Å². The molecule has 6 nitrogen and oxygen atoms in total. The maximum Gasteiger partial charge on any atom is 0.332 e. The largest absolute Gasteiger partial charge is 0.496 e. The van der Waals surface area contributed by atoms with Crippen molar-refractivity contribution >= 4 is 23.5 Å². The highest BCUT2D eigenvalue weighted by molar-refractivity contribution is 5.91. The van der Waals surface area contributed by atoms with Crippen LogP contribution in [0.25, 0.3) is 5.57 Å². The summed E-state index contributed by atoms with van der Waals surface area (Å²) in [6.07, 6.45) is 3.75. The molecule has 0 saturated carbocycles. The molecule has 6 heteroatoms. The number of hydrogen-bond donors (Lipinski definition) is 2. The normalized spacial score (nSPS) is 16.2. The first-order valence-electron chi connectivity index (χ1n) is 7.00. The van der Waals surface area contributed by atoms with Crippen molar-refractivity contribution in [1.29, 1.82) is 0 Å². The lowest BCUT2D eigenvalue weighted by Crippen LogP contribution is -2.42. The van der Waals surface area contributed by atoms with E-state index >= 15 is 0 Å². The van der Waals surface area contributed by atoms with Crippen molar-refractivity contribution < 1.29 is 9.53 Å². The van der Waals surface area contributed by atoms with Crippen LogP contribution in [0.3, 0.4) is 0 Å². The number of benzene rings is 1. The number of carbonyl (C=O) groups is 1. The van der Waals surface area contributed by atoms with Crippen molar-refractivity contribution in [3.05, 3.63) is 29.3 Å². The molecule has 1 aliphatic heterocycles. The average molecular weight is 302 g/mol. The van der Waals surface area contributed by atoms with Gasteiger partial charge in [0.05, 0.1) is 18.9 Å².